The minimum Gasteiger partial charge on any atom is -0.508 e. The van der Waals surface area contributed by atoms with Gasteiger partial charge in [-0.15, -0.1) is 70.5 Å². The van der Waals surface area contributed by atoms with E-state index in [1.807, 2.05) is 56.0 Å². The number of halogens is 7. The molecule has 6 amide bonds. The lowest BCUT2D eigenvalue weighted by molar-refractivity contribution is -0.132. The summed E-state index contributed by atoms with van der Waals surface area (Å²) in [6.07, 6.45) is 1.89. The van der Waals surface area contributed by atoms with Crippen molar-refractivity contribution < 1.29 is 56.9 Å². The summed E-state index contributed by atoms with van der Waals surface area (Å²) in [6.45, 7) is 7.86. The molecule has 0 radical (unpaired) electrons. The van der Waals surface area contributed by atoms with Gasteiger partial charge >= 0.3 is 15.4 Å². The number of alkyl halides is 2. The molecule has 4 aromatic rings. The molecule has 0 unspecified atom stereocenters. The van der Waals surface area contributed by atoms with Crippen molar-refractivity contribution in [2.45, 2.75) is 64.6 Å². The van der Waals surface area contributed by atoms with Crippen LogP contribution in [0.2, 0.25) is 0 Å². The zero-order chi connectivity index (χ0) is 58.3. The first-order valence-corrected chi connectivity index (χ1v) is 29.6. The third-order valence-corrected chi connectivity index (χ3v) is 13.1. The molecule has 26 heteroatoms. The van der Waals surface area contributed by atoms with Gasteiger partial charge in [0.05, 0.1) is 61.4 Å². The molecule has 434 valence electrons. The number of anilines is 4. The van der Waals surface area contributed by atoms with Crippen molar-refractivity contribution in [3.05, 3.63) is 108 Å². The number of piperazine rings is 2. The fraction of sp³-hybridized carbons (Fsp3) is 0.444. The van der Waals surface area contributed by atoms with Gasteiger partial charge in [-0.2, -0.15) is 0 Å². The molecule has 0 aromatic heterocycles. The second kappa shape index (κ2) is 33.4. The SMILES string of the molecule is BrB(Br)Br.CC(=O)NC[C@H]1CN(c2ccc(N3CCN(C(=O)CCCc4ccc(O)cc4)CC3)c(F)c2)C(=O)O1.COc1ccc(CCCC(=O)N2CCN(c3ccc(N4C[C@H](CNC(C)=O)OC4=O)cc3F)CC2)cc1.ClCCl. The Morgan fingerprint density at radius 1 is 0.637 bits per heavy atom. The van der Waals surface area contributed by atoms with Crippen LogP contribution in [0.1, 0.15) is 50.7 Å². The van der Waals surface area contributed by atoms with Crippen LogP contribution in [0, 0.1) is 11.6 Å². The number of amides is 6. The minimum absolute atomic E-state index is 0.0885. The van der Waals surface area contributed by atoms with Crippen LogP contribution in [0.15, 0.2) is 84.9 Å². The number of aromatic hydroxyl groups is 1. The molecular weight excluding hydrogens is 1280 g/mol. The molecule has 2 atom stereocenters. The highest BCUT2D eigenvalue weighted by atomic mass is 79.9. The van der Waals surface area contributed by atoms with E-state index in [4.69, 9.17) is 37.4 Å². The molecule has 0 saturated carbocycles. The number of aryl methyl sites for hydroxylation is 2. The number of rotatable bonds is 17. The number of carbonyl (C=O) groups is 6. The fourth-order valence-corrected chi connectivity index (χ4v) is 9.08. The first kappa shape index (κ1) is 65.3. The van der Waals surface area contributed by atoms with Gasteiger partial charge in [-0.3, -0.25) is 29.0 Å². The summed E-state index contributed by atoms with van der Waals surface area (Å²) in [4.78, 5) is 82.1. The Morgan fingerprint density at radius 2 is 1.00 bits per heavy atom. The van der Waals surface area contributed by atoms with Crippen LogP contribution in [0.3, 0.4) is 0 Å². The van der Waals surface area contributed by atoms with E-state index in [1.165, 1.54) is 41.3 Å². The van der Waals surface area contributed by atoms with Gasteiger partial charge in [0.2, 0.25) is 23.6 Å². The highest BCUT2D eigenvalue weighted by Gasteiger charge is 2.35. The number of phenols is 1. The van der Waals surface area contributed by atoms with Crippen molar-refractivity contribution >= 4 is 132 Å². The van der Waals surface area contributed by atoms with Crippen LogP contribution < -0.4 is 35.0 Å². The molecule has 4 heterocycles. The Kier molecular flexibility index (Phi) is 27.2. The molecule has 3 N–H and O–H groups in total. The minimum atomic E-state index is -0.574. The Bertz CT molecular complexity index is 2680. The van der Waals surface area contributed by atoms with E-state index in [1.54, 1.807) is 43.5 Å². The lowest BCUT2D eigenvalue weighted by Crippen LogP contribution is -2.49. The second-order valence-electron chi connectivity index (χ2n) is 18.7. The van der Waals surface area contributed by atoms with Gasteiger partial charge in [-0.1, -0.05) is 24.3 Å². The van der Waals surface area contributed by atoms with Gasteiger partial charge < -0.3 is 49.6 Å². The summed E-state index contributed by atoms with van der Waals surface area (Å²) in [5, 5.41) is 14.8. The number of methoxy groups -OCH3 is 1. The van der Waals surface area contributed by atoms with Crippen molar-refractivity contribution in [3.63, 3.8) is 0 Å². The average molecular weight is 1350 g/mol. The number of nitrogens with one attached hydrogen (secondary N) is 2. The molecule has 4 aliphatic heterocycles. The number of ether oxygens (including phenoxy) is 3. The van der Waals surface area contributed by atoms with Crippen molar-refractivity contribution in [2.24, 2.45) is 0 Å². The van der Waals surface area contributed by atoms with Crippen LogP contribution in [0.25, 0.3) is 0 Å². The van der Waals surface area contributed by atoms with Crippen LogP contribution in [0.5, 0.6) is 11.5 Å². The average Bonchev–Trinajstić information content (AvgIpc) is 4.03. The molecule has 4 aromatic carbocycles. The lowest BCUT2D eigenvalue weighted by atomic mass is 10.1. The topological polar surface area (TPSA) is 194 Å². The number of hydrogen-bond donors (Lipinski definition) is 3. The van der Waals surface area contributed by atoms with Gasteiger partial charge in [0.1, 0.15) is 35.3 Å². The molecule has 0 bridgehead atoms. The first-order chi connectivity index (χ1) is 38.3. The molecular formula is C54H66BBr3Cl2F2N8O10. The largest absolute Gasteiger partial charge is 0.508 e. The molecule has 8 rings (SSSR count). The third-order valence-electron chi connectivity index (χ3n) is 13.1. The van der Waals surface area contributed by atoms with Crippen molar-refractivity contribution in [1.82, 2.24) is 20.4 Å². The van der Waals surface area contributed by atoms with E-state index in [-0.39, 0.29) is 64.1 Å². The molecule has 0 aliphatic carbocycles. The summed E-state index contributed by atoms with van der Waals surface area (Å²) >= 11 is 18.8. The molecule has 18 nitrogen and oxygen atoms in total. The molecule has 80 heavy (non-hydrogen) atoms. The summed E-state index contributed by atoms with van der Waals surface area (Å²) in [6, 6.07) is 24.2. The smallest absolute Gasteiger partial charge is 0.414 e. The summed E-state index contributed by atoms with van der Waals surface area (Å²) in [5.41, 5.74) is 3.92. The van der Waals surface area contributed by atoms with Crippen LogP contribution in [-0.4, -0.2) is 157 Å². The molecule has 4 fully saturated rings. The Morgan fingerprint density at radius 3 is 1.34 bits per heavy atom. The number of carbonyl (C=O) groups excluding carboxylic acids is 6. The standard InChI is InChI=1S/C27H33FN4O5.C26H31FN4O5.CH2Cl2.BBr3/c1-19(33)29-17-23-18-32(27(35)37-23)21-8-11-25(24(28)16-21)30-12-14-31(15-13-30)26(34)5-3-4-20-6-9-22(36-2)10-7-20;1-18(32)28-16-22-17-31(26(35)36-22)20-7-10-24(23(27)15-20)29-11-13-30(14-12-29)25(34)4-2-3-19-5-8-21(33)9-6-19;2-1-3;2-1(3)4/h6-11,16,23H,3-5,12-15,17-18H2,1-2H3,(H,29,33);5-10,15,22,33H,2-4,11-14,16-17H2,1H3,(H,28,32);1H2;/t23-;22-;;/m00../s1. The summed E-state index contributed by atoms with van der Waals surface area (Å²) in [7, 11) is 1.63. The van der Waals surface area contributed by atoms with E-state index in [9.17, 15) is 33.9 Å². The molecule has 0 spiro atoms. The first-order valence-electron chi connectivity index (χ1n) is 25.8. The number of cyclic esters (lactones) is 2. The number of hydrogen-bond acceptors (Lipinski definition) is 12. The van der Waals surface area contributed by atoms with Crippen LogP contribution in [-0.2, 0) is 41.5 Å². The van der Waals surface area contributed by atoms with Gasteiger partial charge in [-0.25, -0.2) is 18.4 Å². The summed E-state index contributed by atoms with van der Waals surface area (Å²) in [5.74, 6) is -0.0551. The van der Waals surface area contributed by atoms with Crippen LogP contribution in [0.4, 0.5) is 41.1 Å². The van der Waals surface area contributed by atoms with Gasteiger partial charge in [-0.05, 0) is 97.5 Å². The van der Waals surface area contributed by atoms with Gasteiger partial charge in [0.15, 0.2) is 0 Å². The van der Waals surface area contributed by atoms with E-state index >= 15 is 8.78 Å². The van der Waals surface area contributed by atoms with Crippen molar-refractivity contribution in [2.75, 3.05) is 111 Å². The fourth-order valence-electron chi connectivity index (χ4n) is 9.08. The lowest BCUT2D eigenvalue weighted by Gasteiger charge is -2.36. The number of nitrogens with zero attached hydrogens (tertiary/aromatic N) is 6. The van der Waals surface area contributed by atoms with Gasteiger partial charge in [0.25, 0.3) is 0 Å². The van der Waals surface area contributed by atoms with E-state index in [0.29, 0.717) is 87.9 Å². The predicted octanol–water partition coefficient (Wildman–Crippen LogP) is 9.21. The molecule has 4 aliphatic rings. The zero-order valence-corrected chi connectivity index (χ0v) is 51.0. The molecule has 4 saturated heterocycles. The van der Waals surface area contributed by atoms with E-state index in [2.05, 4.69) is 57.9 Å². The Balaban J connectivity index is 0.000000263. The maximum atomic E-state index is 15.0. The quantitative estimate of drug-likeness (QED) is 0.0672. The van der Waals surface area contributed by atoms with Crippen molar-refractivity contribution in [3.8, 4) is 11.5 Å². The predicted molar refractivity (Wildman–Crippen MR) is 319 cm³/mol. The number of phenolic OH excluding ortho intramolecular Hbond substituents is 1. The van der Waals surface area contributed by atoms with E-state index in [0.717, 1.165) is 37.0 Å². The maximum Gasteiger partial charge on any atom is 0.414 e. The zero-order valence-electron chi connectivity index (χ0n) is 44.7. The third kappa shape index (κ3) is 21.1. The monoisotopic (exact) mass is 1340 g/mol. The van der Waals surface area contributed by atoms with Crippen LogP contribution >= 0.6 is 70.5 Å². The highest BCUT2D eigenvalue weighted by Crippen LogP contribution is 2.31. The Labute approximate surface area is 500 Å². The Hall–Kier alpha value is -5.56. The normalized spacial score (nSPS) is 16.7. The number of benzene rings is 4. The van der Waals surface area contributed by atoms with E-state index < -0.39 is 36.0 Å². The summed E-state index contributed by atoms with van der Waals surface area (Å²) < 4.78 is 46.0. The highest BCUT2D eigenvalue weighted by molar-refractivity contribution is 9.69. The van der Waals surface area contributed by atoms with Crippen molar-refractivity contribution in [1.29, 1.82) is 0 Å². The van der Waals surface area contributed by atoms with Gasteiger partial charge in [0, 0.05) is 79.0 Å². The maximum absolute atomic E-state index is 15.0. The second-order valence-corrected chi connectivity index (χ2v) is 25.9.